The number of imidazole rings is 1. The van der Waals surface area contributed by atoms with E-state index in [9.17, 15) is 13.2 Å². The largest absolute Gasteiger partial charge is 0.389 e. The number of alkyl halides is 3. The smallest absolute Gasteiger partial charge is 0.334 e. The van der Waals surface area contributed by atoms with Crippen molar-refractivity contribution in [3.05, 3.63) is 17.7 Å². The van der Waals surface area contributed by atoms with Gasteiger partial charge in [0.15, 0.2) is 0 Å². The van der Waals surface area contributed by atoms with Gasteiger partial charge >= 0.3 is 6.18 Å². The molecule has 0 saturated carbocycles. The Kier molecular flexibility index (Phi) is 3.18. The van der Waals surface area contributed by atoms with Gasteiger partial charge in [-0.2, -0.15) is 13.2 Å². The molecule has 1 aliphatic rings. The molecule has 0 atom stereocenters. The molecule has 0 unspecified atom stereocenters. The maximum atomic E-state index is 12.0. The number of fused-ring (bicyclic) bond motifs is 1. The molecule has 2 rings (SSSR count). The third kappa shape index (κ3) is 2.75. The second-order valence-electron chi connectivity index (χ2n) is 3.98. The molecule has 0 saturated heterocycles. The predicted octanol–water partition coefficient (Wildman–Crippen LogP) is 1.87. The van der Waals surface area contributed by atoms with Crippen molar-refractivity contribution in [2.75, 3.05) is 6.54 Å². The predicted molar refractivity (Wildman–Crippen MR) is 52.9 cm³/mol. The van der Waals surface area contributed by atoms with E-state index in [1.165, 1.54) is 0 Å². The molecule has 1 N–H and O–H groups in total. The maximum Gasteiger partial charge on any atom is 0.389 e. The molecule has 1 aromatic rings. The number of rotatable bonds is 3. The van der Waals surface area contributed by atoms with Crippen LogP contribution in [-0.2, 0) is 19.5 Å². The van der Waals surface area contributed by atoms with Gasteiger partial charge in [0.1, 0.15) is 0 Å². The molecular formula is C10H14F3N3. The zero-order chi connectivity index (χ0) is 11.6. The zero-order valence-corrected chi connectivity index (χ0v) is 8.85. The zero-order valence-electron chi connectivity index (χ0n) is 8.85. The van der Waals surface area contributed by atoms with Crippen molar-refractivity contribution < 1.29 is 13.2 Å². The molecule has 0 bridgehead atoms. The van der Waals surface area contributed by atoms with Crippen LogP contribution in [0.1, 0.15) is 24.2 Å². The number of halogens is 3. The molecule has 0 aromatic carbocycles. The van der Waals surface area contributed by atoms with Gasteiger partial charge in [-0.25, -0.2) is 4.98 Å². The summed E-state index contributed by atoms with van der Waals surface area (Å²) < 4.78 is 37.8. The van der Waals surface area contributed by atoms with Gasteiger partial charge in [0.2, 0.25) is 0 Å². The number of nitrogens with one attached hydrogen (secondary N) is 1. The molecule has 90 valence electrons. The quantitative estimate of drug-likeness (QED) is 0.863. The van der Waals surface area contributed by atoms with E-state index in [2.05, 4.69) is 10.3 Å². The van der Waals surface area contributed by atoms with Crippen molar-refractivity contribution in [2.24, 2.45) is 0 Å². The Morgan fingerprint density at radius 3 is 3.00 bits per heavy atom. The number of hydrogen-bond acceptors (Lipinski definition) is 2. The van der Waals surface area contributed by atoms with Gasteiger partial charge in [-0.3, -0.25) is 0 Å². The van der Waals surface area contributed by atoms with E-state index >= 15 is 0 Å². The average Bonchev–Trinajstić information content (AvgIpc) is 2.60. The van der Waals surface area contributed by atoms with Crippen molar-refractivity contribution in [1.82, 2.24) is 14.9 Å². The molecule has 6 heteroatoms. The minimum atomic E-state index is -4.05. The highest BCUT2D eigenvalue weighted by atomic mass is 19.4. The Morgan fingerprint density at radius 1 is 1.44 bits per heavy atom. The first-order valence-electron chi connectivity index (χ1n) is 5.36. The van der Waals surface area contributed by atoms with Crippen molar-refractivity contribution in [3.63, 3.8) is 0 Å². The number of nitrogens with zero attached hydrogens (tertiary/aromatic N) is 2. The summed E-state index contributed by atoms with van der Waals surface area (Å²) in [5.74, 6) is 0. The topological polar surface area (TPSA) is 29.9 Å². The number of aryl methyl sites for hydroxylation is 1. The van der Waals surface area contributed by atoms with E-state index in [-0.39, 0.29) is 6.42 Å². The summed E-state index contributed by atoms with van der Waals surface area (Å²) in [5.41, 5.74) is 2.05. The monoisotopic (exact) mass is 233 g/mol. The van der Waals surface area contributed by atoms with E-state index in [1.807, 2.05) is 4.57 Å². The second-order valence-corrected chi connectivity index (χ2v) is 3.98. The van der Waals surface area contributed by atoms with Crippen LogP contribution in [0.25, 0.3) is 0 Å². The summed E-state index contributed by atoms with van der Waals surface area (Å²) in [5, 5.41) is 3.18. The lowest BCUT2D eigenvalue weighted by Crippen LogP contribution is -2.25. The fraction of sp³-hybridized carbons (Fsp3) is 0.700. The summed E-state index contributed by atoms with van der Waals surface area (Å²) in [7, 11) is 0. The van der Waals surface area contributed by atoms with E-state index in [1.54, 1.807) is 6.33 Å². The standard InChI is InChI=1S/C10H14F3N3/c11-10(12,13)3-1-5-16-7-15-8-6-14-4-2-9(8)16/h7,14H,1-6H2. The molecule has 16 heavy (non-hydrogen) atoms. The lowest BCUT2D eigenvalue weighted by Gasteiger charge is -2.15. The molecule has 0 fully saturated rings. The first-order valence-corrected chi connectivity index (χ1v) is 5.36. The summed E-state index contributed by atoms with van der Waals surface area (Å²) in [6, 6.07) is 0. The van der Waals surface area contributed by atoms with Crippen LogP contribution in [0.4, 0.5) is 13.2 Å². The van der Waals surface area contributed by atoms with E-state index in [0.29, 0.717) is 6.54 Å². The maximum absolute atomic E-state index is 12.0. The van der Waals surface area contributed by atoms with Crippen LogP contribution in [0.2, 0.25) is 0 Å². The van der Waals surface area contributed by atoms with Crippen LogP contribution >= 0.6 is 0 Å². The van der Waals surface area contributed by atoms with Gasteiger partial charge in [0, 0.05) is 38.2 Å². The number of aromatic nitrogens is 2. The Hall–Kier alpha value is -1.04. The molecule has 1 aromatic heterocycles. The second kappa shape index (κ2) is 4.45. The lowest BCUT2D eigenvalue weighted by atomic mass is 10.2. The highest BCUT2D eigenvalue weighted by Gasteiger charge is 2.26. The molecule has 0 aliphatic carbocycles. The molecule has 3 nitrogen and oxygen atoms in total. The van der Waals surface area contributed by atoms with Gasteiger partial charge in [-0.15, -0.1) is 0 Å². The van der Waals surface area contributed by atoms with Crippen molar-refractivity contribution in [1.29, 1.82) is 0 Å². The third-order valence-corrected chi connectivity index (χ3v) is 2.72. The van der Waals surface area contributed by atoms with Crippen LogP contribution in [0.5, 0.6) is 0 Å². The van der Waals surface area contributed by atoms with Crippen molar-refractivity contribution in [2.45, 2.75) is 38.5 Å². The molecule has 1 aliphatic heterocycles. The van der Waals surface area contributed by atoms with Crippen LogP contribution in [0, 0.1) is 0 Å². The van der Waals surface area contributed by atoms with Crippen LogP contribution < -0.4 is 5.32 Å². The third-order valence-electron chi connectivity index (χ3n) is 2.72. The molecule has 0 spiro atoms. The minimum Gasteiger partial charge on any atom is -0.334 e. The summed E-state index contributed by atoms with van der Waals surface area (Å²) in [6.07, 6.45) is -2.16. The van der Waals surface area contributed by atoms with Gasteiger partial charge in [-0.1, -0.05) is 0 Å². The molecule has 2 heterocycles. The summed E-state index contributed by atoms with van der Waals surface area (Å²) in [6.45, 7) is 2.00. The number of hydrogen-bond donors (Lipinski definition) is 1. The average molecular weight is 233 g/mol. The Balaban J connectivity index is 1.92. The van der Waals surface area contributed by atoms with Gasteiger partial charge in [-0.05, 0) is 6.42 Å². The summed E-state index contributed by atoms with van der Waals surface area (Å²) in [4.78, 5) is 4.19. The van der Waals surface area contributed by atoms with Gasteiger partial charge in [0.25, 0.3) is 0 Å². The summed E-state index contributed by atoms with van der Waals surface area (Å²) >= 11 is 0. The lowest BCUT2D eigenvalue weighted by molar-refractivity contribution is -0.135. The van der Waals surface area contributed by atoms with Gasteiger partial charge < -0.3 is 9.88 Å². The van der Waals surface area contributed by atoms with E-state index < -0.39 is 12.6 Å². The highest BCUT2D eigenvalue weighted by Crippen LogP contribution is 2.22. The first kappa shape index (κ1) is 11.4. The minimum absolute atomic E-state index is 0.125. The fourth-order valence-corrected chi connectivity index (χ4v) is 1.94. The van der Waals surface area contributed by atoms with Crippen LogP contribution in [0.3, 0.4) is 0 Å². The van der Waals surface area contributed by atoms with Crippen molar-refractivity contribution in [3.8, 4) is 0 Å². The molecule has 0 amide bonds. The normalized spacial score (nSPS) is 16.2. The highest BCUT2D eigenvalue weighted by molar-refractivity contribution is 5.16. The van der Waals surface area contributed by atoms with E-state index in [0.717, 1.165) is 30.9 Å². The van der Waals surface area contributed by atoms with Crippen LogP contribution in [-0.4, -0.2) is 22.3 Å². The Morgan fingerprint density at radius 2 is 2.25 bits per heavy atom. The Bertz CT molecular complexity index is 357. The molecule has 0 radical (unpaired) electrons. The SMILES string of the molecule is FC(F)(F)CCCn1cnc2c1CCNC2. The Labute approximate surface area is 91.7 Å². The van der Waals surface area contributed by atoms with Crippen LogP contribution in [0.15, 0.2) is 6.33 Å². The van der Waals surface area contributed by atoms with Crippen molar-refractivity contribution >= 4 is 0 Å². The van der Waals surface area contributed by atoms with Gasteiger partial charge in [0.05, 0.1) is 12.0 Å². The fourth-order valence-electron chi connectivity index (χ4n) is 1.94. The first-order chi connectivity index (χ1) is 7.56. The van der Waals surface area contributed by atoms with E-state index in [4.69, 9.17) is 0 Å². The molecular weight excluding hydrogens is 219 g/mol.